The first kappa shape index (κ1) is 16.1. The minimum atomic E-state index is -1.13. The molecule has 4 rings (SSSR count). The molecule has 1 N–H and O–H groups in total. The number of fused-ring (bicyclic) bond motifs is 2. The van der Waals surface area contributed by atoms with Crippen LogP contribution in [0.25, 0.3) is 0 Å². The van der Waals surface area contributed by atoms with Crippen molar-refractivity contribution in [2.75, 3.05) is 6.61 Å². The lowest BCUT2D eigenvalue weighted by molar-refractivity contribution is -0.210. The van der Waals surface area contributed by atoms with Crippen LogP contribution in [0.3, 0.4) is 0 Å². The van der Waals surface area contributed by atoms with Crippen LogP contribution in [0, 0.1) is 11.8 Å². The van der Waals surface area contributed by atoms with Crippen molar-refractivity contribution in [2.24, 2.45) is 11.8 Å². The van der Waals surface area contributed by atoms with Crippen molar-refractivity contribution in [3.05, 3.63) is 0 Å². The van der Waals surface area contributed by atoms with Gasteiger partial charge in [-0.05, 0) is 38.0 Å². The molecule has 0 aromatic rings. The van der Waals surface area contributed by atoms with Gasteiger partial charge in [0.05, 0.1) is 24.7 Å². The third-order valence-corrected chi connectivity index (χ3v) is 5.44. The topological polar surface area (TPSA) is 101 Å². The Hall–Kier alpha value is -1.38. The monoisotopic (exact) mass is 342 g/mol. The molecule has 2 heterocycles. The third-order valence-electron chi connectivity index (χ3n) is 5.44. The van der Waals surface area contributed by atoms with Gasteiger partial charge in [-0.15, -0.1) is 0 Å². The number of hydrogen-bond donors (Lipinski definition) is 1. The molecule has 134 valence electrons. The summed E-state index contributed by atoms with van der Waals surface area (Å²) in [4.78, 5) is 23.4. The van der Waals surface area contributed by atoms with E-state index >= 15 is 0 Å². The number of carbonyl (C=O) groups excluding carboxylic acids is 2. The van der Waals surface area contributed by atoms with Gasteiger partial charge in [-0.1, -0.05) is 0 Å². The summed E-state index contributed by atoms with van der Waals surface area (Å²) in [5.41, 5.74) is 0. The Morgan fingerprint density at radius 3 is 2.62 bits per heavy atom. The van der Waals surface area contributed by atoms with Gasteiger partial charge in [-0.25, -0.2) is 4.79 Å². The normalized spacial score (nSPS) is 44.2. The zero-order valence-corrected chi connectivity index (χ0v) is 13.3. The highest BCUT2D eigenvalue weighted by Gasteiger charge is 2.44. The molecule has 4 aliphatic rings. The van der Waals surface area contributed by atoms with Crippen LogP contribution in [-0.4, -0.2) is 54.7 Å². The molecule has 0 radical (unpaired) electrons. The van der Waals surface area contributed by atoms with E-state index in [0.717, 1.165) is 19.3 Å². The van der Waals surface area contributed by atoms with Crippen LogP contribution in [0.5, 0.6) is 0 Å². The Morgan fingerprint density at radius 1 is 1.00 bits per heavy atom. The van der Waals surface area contributed by atoms with Crippen molar-refractivity contribution >= 4 is 12.1 Å². The van der Waals surface area contributed by atoms with E-state index in [2.05, 4.69) is 0 Å². The fourth-order valence-corrected chi connectivity index (χ4v) is 4.13. The molecule has 0 amide bonds. The van der Waals surface area contributed by atoms with E-state index in [4.69, 9.17) is 23.7 Å². The lowest BCUT2D eigenvalue weighted by Gasteiger charge is -2.30. The molecular formula is C16H22O8. The molecule has 24 heavy (non-hydrogen) atoms. The van der Waals surface area contributed by atoms with E-state index in [1.54, 1.807) is 0 Å². The second-order valence-electron chi connectivity index (χ2n) is 7.04. The average molecular weight is 342 g/mol. The third kappa shape index (κ3) is 3.22. The molecule has 7 unspecified atom stereocenters. The Balaban J connectivity index is 1.23. The van der Waals surface area contributed by atoms with Crippen LogP contribution >= 0.6 is 0 Å². The number of ether oxygens (including phenoxy) is 5. The van der Waals surface area contributed by atoms with Gasteiger partial charge in [-0.2, -0.15) is 0 Å². The van der Waals surface area contributed by atoms with Gasteiger partial charge in [0, 0.05) is 6.42 Å². The zero-order valence-electron chi connectivity index (χ0n) is 13.3. The molecule has 0 spiro atoms. The summed E-state index contributed by atoms with van der Waals surface area (Å²) in [5, 5.41) is 9.35. The maximum Gasteiger partial charge on any atom is 0.509 e. The van der Waals surface area contributed by atoms with Crippen molar-refractivity contribution in [1.29, 1.82) is 0 Å². The SMILES string of the molecule is O=C1OC2CCC(C(=O)OCC3CCC4OC(O)OC4C3)CC2O1. The molecule has 8 heteroatoms. The number of aliphatic hydroxyl groups is 1. The molecule has 2 saturated heterocycles. The maximum atomic E-state index is 12.3. The molecule has 4 fully saturated rings. The molecule has 2 saturated carbocycles. The molecule has 7 atom stereocenters. The van der Waals surface area contributed by atoms with Crippen LogP contribution in [-0.2, 0) is 28.5 Å². The number of hydrogen-bond acceptors (Lipinski definition) is 8. The van der Waals surface area contributed by atoms with E-state index in [-0.39, 0.29) is 42.2 Å². The first-order valence-electron chi connectivity index (χ1n) is 8.61. The predicted molar refractivity (Wildman–Crippen MR) is 76.5 cm³/mol. The van der Waals surface area contributed by atoms with Gasteiger partial charge in [-0.3, -0.25) is 4.79 Å². The number of rotatable bonds is 3. The van der Waals surface area contributed by atoms with Gasteiger partial charge < -0.3 is 28.8 Å². The van der Waals surface area contributed by atoms with Gasteiger partial charge in [0.1, 0.15) is 12.2 Å². The lowest BCUT2D eigenvalue weighted by atomic mass is 9.85. The number of aliphatic hydroxyl groups excluding tert-OH is 1. The molecule has 2 aliphatic carbocycles. The van der Waals surface area contributed by atoms with Crippen molar-refractivity contribution in [2.45, 2.75) is 69.4 Å². The first-order chi connectivity index (χ1) is 11.6. The summed E-state index contributed by atoms with van der Waals surface area (Å²) in [5.74, 6) is -0.264. The Kier molecular flexibility index (Phi) is 4.36. The van der Waals surface area contributed by atoms with E-state index in [9.17, 15) is 14.7 Å². The van der Waals surface area contributed by atoms with Crippen LogP contribution in [0.1, 0.15) is 38.5 Å². The van der Waals surface area contributed by atoms with Gasteiger partial charge in [0.2, 0.25) is 0 Å². The highest BCUT2D eigenvalue weighted by Crippen LogP contribution is 2.36. The van der Waals surface area contributed by atoms with Crippen LogP contribution in [0.2, 0.25) is 0 Å². The van der Waals surface area contributed by atoms with Gasteiger partial charge in [0.15, 0.2) is 0 Å². The highest BCUT2D eigenvalue weighted by molar-refractivity contribution is 5.73. The summed E-state index contributed by atoms with van der Waals surface area (Å²) >= 11 is 0. The van der Waals surface area contributed by atoms with Crippen LogP contribution < -0.4 is 0 Å². The predicted octanol–water partition coefficient (Wildman–Crippen LogP) is 1.09. The smallest absolute Gasteiger partial charge is 0.465 e. The maximum absolute atomic E-state index is 12.3. The minimum Gasteiger partial charge on any atom is -0.465 e. The lowest BCUT2D eigenvalue weighted by Crippen LogP contribution is -2.36. The standard InChI is InChI=1S/C16H22O8/c17-14(9-2-4-11-13(6-9)24-16(19)22-11)20-7-8-1-3-10-12(5-8)23-15(18)21-10/h8-13,15,18H,1-7H2. The quantitative estimate of drug-likeness (QED) is 0.761. The summed E-state index contributed by atoms with van der Waals surface area (Å²) in [7, 11) is 0. The largest absolute Gasteiger partial charge is 0.509 e. The fourth-order valence-electron chi connectivity index (χ4n) is 4.13. The second kappa shape index (κ2) is 6.50. The Bertz CT molecular complexity index is 508. The molecule has 2 aliphatic heterocycles. The van der Waals surface area contributed by atoms with E-state index in [0.29, 0.717) is 25.9 Å². The zero-order chi connectivity index (χ0) is 16.7. The molecule has 0 aromatic heterocycles. The Morgan fingerprint density at radius 2 is 1.75 bits per heavy atom. The average Bonchev–Trinajstić information content (AvgIpc) is 3.11. The van der Waals surface area contributed by atoms with Gasteiger partial charge >= 0.3 is 12.1 Å². The van der Waals surface area contributed by atoms with Crippen molar-refractivity contribution < 1.29 is 38.4 Å². The number of esters is 1. The summed E-state index contributed by atoms with van der Waals surface area (Å²) < 4.78 is 26.2. The minimum absolute atomic E-state index is 0.0562. The molecule has 0 aromatic carbocycles. The fraction of sp³-hybridized carbons (Fsp3) is 0.875. The van der Waals surface area contributed by atoms with Crippen molar-refractivity contribution in [1.82, 2.24) is 0 Å². The molecule has 0 bridgehead atoms. The van der Waals surface area contributed by atoms with Gasteiger partial charge in [0.25, 0.3) is 6.48 Å². The molecular weight excluding hydrogens is 320 g/mol. The highest BCUT2D eigenvalue weighted by atomic mass is 16.8. The Labute approximate surface area is 139 Å². The van der Waals surface area contributed by atoms with Crippen LogP contribution in [0.4, 0.5) is 4.79 Å². The summed E-state index contributed by atoms with van der Waals surface area (Å²) in [6.07, 6.45) is 2.77. The first-order valence-corrected chi connectivity index (χ1v) is 8.61. The van der Waals surface area contributed by atoms with Crippen molar-refractivity contribution in [3.63, 3.8) is 0 Å². The van der Waals surface area contributed by atoms with E-state index < -0.39 is 12.6 Å². The van der Waals surface area contributed by atoms with Crippen LogP contribution in [0.15, 0.2) is 0 Å². The second-order valence-corrected chi connectivity index (χ2v) is 7.04. The van der Waals surface area contributed by atoms with E-state index in [1.807, 2.05) is 0 Å². The summed E-state index contributed by atoms with van der Waals surface area (Å²) in [6, 6.07) is 0. The van der Waals surface area contributed by atoms with E-state index in [1.165, 1.54) is 0 Å². The van der Waals surface area contributed by atoms with Crippen molar-refractivity contribution in [3.8, 4) is 0 Å². The number of carbonyl (C=O) groups is 2. The summed E-state index contributed by atoms with van der Waals surface area (Å²) in [6.45, 7) is -0.782. The molecule has 8 nitrogen and oxygen atoms in total.